The molecule has 0 aliphatic rings. The topological polar surface area (TPSA) is 94.5 Å². The normalized spacial score (nSPS) is 11.7. The second kappa shape index (κ2) is 10.1. The van der Waals surface area contributed by atoms with E-state index in [1.807, 2.05) is 0 Å². The van der Waals surface area contributed by atoms with Crippen LogP contribution in [0.3, 0.4) is 0 Å². The quantitative estimate of drug-likeness (QED) is 0.287. The first kappa shape index (κ1) is 20.1. The molecule has 0 amide bonds. The second-order valence-corrected chi connectivity index (χ2v) is 4.87. The van der Waals surface area contributed by atoms with Crippen molar-refractivity contribution in [1.29, 1.82) is 0 Å². The first-order valence-electron chi connectivity index (χ1n) is 7.68. The van der Waals surface area contributed by atoms with Crippen molar-refractivity contribution >= 4 is 23.9 Å². The Morgan fingerprint density at radius 2 is 1.88 bits per heavy atom. The molecule has 0 aromatic heterocycles. The maximum absolute atomic E-state index is 12.1. The molecule has 1 aromatic carbocycles. The SMILES string of the molecule is CC=NN(C)C(COc1ccc(C(=O)OCC)cc1)C(=O)C(=O)OC. The number of Topliss-reactive ketones (excluding diaryl/α,β-unsaturated/α-hetero) is 1. The number of carbonyl (C=O) groups excluding carboxylic acids is 3. The van der Waals surface area contributed by atoms with Gasteiger partial charge in [0.1, 0.15) is 12.4 Å². The van der Waals surface area contributed by atoms with Gasteiger partial charge in [0, 0.05) is 13.3 Å². The number of likely N-dealkylation sites (N-methyl/N-ethyl adjacent to an activating group) is 1. The first-order valence-corrected chi connectivity index (χ1v) is 7.68. The largest absolute Gasteiger partial charge is 0.491 e. The summed E-state index contributed by atoms with van der Waals surface area (Å²) in [6.07, 6.45) is 1.49. The Kier molecular flexibility index (Phi) is 8.11. The number of ketones is 1. The average molecular weight is 350 g/mol. The molecule has 8 heteroatoms. The van der Waals surface area contributed by atoms with E-state index in [-0.39, 0.29) is 6.61 Å². The number of hydrogen-bond acceptors (Lipinski definition) is 8. The van der Waals surface area contributed by atoms with Crippen LogP contribution in [0.2, 0.25) is 0 Å². The highest BCUT2D eigenvalue weighted by Crippen LogP contribution is 2.14. The monoisotopic (exact) mass is 350 g/mol. The van der Waals surface area contributed by atoms with E-state index in [1.54, 1.807) is 45.2 Å². The first-order chi connectivity index (χ1) is 11.9. The van der Waals surface area contributed by atoms with Crippen molar-refractivity contribution in [2.24, 2.45) is 5.10 Å². The number of ether oxygens (including phenoxy) is 3. The lowest BCUT2D eigenvalue weighted by atomic mass is 10.2. The molecule has 0 fully saturated rings. The van der Waals surface area contributed by atoms with Crippen molar-refractivity contribution in [1.82, 2.24) is 5.01 Å². The summed E-state index contributed by atoms with van der Waals surface area (Å²) in [6.45, 7) is 3.59. The minimum atomic E-state index is -0.968. The Morgan fingerprint density at radius 1 is 1.24 bits per heavy atom. The fraction of sp³-hybridized carbons (Fsp3) is 0.412. The minimum Gasteiger partial charge on any atom is -0.491 e. The van der Waals surface area contributed by atoms with Crippen LogP contribution in [0.5, 0.6) is 5.75 Å². The smallest absolute Gasteiger partial charge is 0.376 e. The van der Waals surface area contributed by atoms with E-state index in [9.17, 15) is 14.4 Å². The Bertz CT molecular complexity index is 627. The minimum absolute atomic E-state index is 0.111. The van der Waals surface area contributed by atoms with Crippen LogP contribution in [-0.2, 0) is 19.1 Å². The van der Waals surface area contributed by atoms with Crippen LogP contribution in [0, 0.1) is 0 Å². The van der Waals surface area contributed by atoms with E-state index < -0.39 is 23.8 Å². The zero-order chi connectivity index (χ0) is 18.8. The van der Waals surface area contributed by atoms with E-state index in [0.29, 0.717) is 17.9 Å². The van der Waals surface area contributed by atoms with Crippen molar-refractivity contribution in [3.63, 3.8) is 0 Å². The van der Waals surface area contributed by atoms with Crippen molar-refractivity contribution < 1.29 is 28.6 Å². The van der Waals surface area contributed by atoms with Gasteiger partial charge >= 0.3 is 11.9 Å². The molecule has 0 N–H and O–H groups in total. The second-order valence-electron chi connectivity index (χ2n) is 4.87. The van der Waals surface area contributed by atoms with E-state index in [1.165, 1.54) is 11.2 Å². The summed E-state index contributed by atoms with van der Waals surface area (Å²) >= 11 is 0. The highest BCUT2D eigenvalue weighted by Gasteiger charge is 2.30. The number of carbonyl (C=O) groups is 3. The van der Waals surface area contributed by atoms with Crippen LogP contribution >= 0.6 is 0 Å². The highest BCUT2D eigenvalue weighted by atomic mass is 16.5. The molecule has 0 aliphatic heterocycles. The van der Waals surface area contributed by atoms with Gasteiger partial charge in [-0.1, -0.05) is 0 Å². The summed E-state index contributed by atoms with van der Waals surface area (Å²) in [7, 11) is 2.69. The van der Waals surface area contributed by atoms with Gasteiger partial charge in [-0.3, -0.25) is 9.80 Å². The van der Waals surface area contributed by atoms with Crippen LogP contribution in [0.1, 0.15) is 24.2 Å². The molecular weight excluding hydrogens is 328 g/mol. The van der Waals surface area contributed by atoms with E-state index in [4.69, 9.17) is 9.47 Å². The molecular formula is C17H22N2O6. The van der Waals surface area contributed by atoms with Gasteiger partial charge in [0.2, 0.25) is 0 Å². The van der Waals surface area contributed by atoms with Crippen molar-refractivity contribution in [3.05, 3.63) is 29.8 Å². The third kappa shape index (κ3) is 5.91. The number of hydrazone groups is 1. The van der Waals surface area contributed by atoms with Crippen LogP contribution in [-0.4, -0.2) is 62.4 Å². The molecule has 0 saturated carbocycles. The Morgan fingerprint density at radius 3 is 2.40 bits per heavy atom. The van der Waals surface area contributed by atoms with Gasteiger partial charge in [-0.2, -0.15) is 5.10 Å². The molecule has 136 valence electrons. The van der Waals surface area contributed by atoms with Gasteiger partial charge in [-0.25, -0.2) is 9.59 Å². The van der Waals surface area contributed by atoms with E-state index >= 15 is 0 Å². The molecule has 0 aliphatic carbocycles. The maximum atomic E-state index is 12.1. The van der Waals surface area contributed by atoms with Gasteiger partial charge in [-0.15, -0.1) is 0 Å². The van der Waals surface area contributed by atoms with Gasteiger partial charge < -0.3 is 14.2 Å². The third-order valence-electron chi connectivity index (χ3n) is 3.21. The number of hydrogen-bond donors (Lipinski definition) is 0. The standard InChI is InChI=1S/C17H22N2O6/c1-5-18-19(3)14(15(20)17(22)23-4)11-25-13-9-7-12(8-10-13)16(21)24-6-2/h5,7-10,14H,6,11H2,1-4H3. The lowest BCUT2D eigenvalue weighted by Crippen LogP contribution is -2.44. The van der Waals surface area contributed by atoms with Gasteiger partial charge in [-0.05, 0) is 38.1 Å². The molecule has 1 unspecified atom stereocenters. The number of esters is 2. The molecule has 1 rings (SSSR count). The number of rotatable bonds is 9. The summed E-state index contributed by atoms with van der Waals surface area (Å²) in [4.78, 5) is 35.2. The number of methoxy groups -OCH3 is 1. The molecule has 1 atom stereocenters. The van der Waals surface area contributed by atoms with Gasteiger partial charge in [0.05, 0.1) is 19.3 Å². The fourth-order valence-electron chi connectivity index (χ4n) is 1.93. The predicted octanol–water partition coefficient (Wildman–Crippen LogP) is 1.29. The van der Waals surface area contributed by atoms with Crippen LogP contribution in [0.25, 0.3) is 0 Å². The van der Waals surface area contributed by atoms with E-state index in [2.05, 4.69) is 9.84 Å². The van der Waals surface area contributed by atoms with Crippen LogP contribution < -0.4 is 4.74 Å². The lowest BCUT2D eigenvalue weighted by molar-refractivity contribution is -0.154. The molecule has 0 saturated heterocycles. The predicted molar refractivity (Wildman–Crippen MR) is 90.6 cm³/mol. The van der Waals surface area contributed by atoms with E-state index in [0.717, 1.165) is 7.11 Å². The molecule has 0 radical (unpaired) electrons. The summed E-state index contributed by atoms with van der Waals surface area (Å²) in [5.74, 6) is -1.72. The Hall–Kier alpha value is -2.90. The van der Waals surface area contributed by atoms with Crippen molar-refractivity contribution in [3.8, 4) is 5.75 Å². The summed E-state index contributed by atoms with van der Waals surface area (Å²) in [6, 6.07) is 5.33. The van der Waals surface area contributed by atoms with Crippen molar-refractivity contribution in [2.75, 3.05) is 27.4 Å². The van der Waals surface area contributed by atoms with Gasteiger partial charge in [0.25, 0.3) is 5.78 Å². The van der Waals surface area contributed by atoms with Crippen molar-refractivity contribution in [2.45, 2.75) is 19.9 Å². The summed E-state index contributed by atoms with van der Waals surface area (Å²) < 4.78 is 14.9. The Labute approximate surface area is 146 Å². The number of benzene rings is 1. The zero-order valence-electron chi connectivity index (χ0n) is 14.7. The molecule has 0 spiro atoms. The van der Waals surface area contributed by atoms with Crippen LogP contribution in [0.15, 0.2) is 29.4 Å². The molecule has 25 heavy (non-hydrogen) atoms. The fourth-order valence-corrected chi connectivity index (χ4v) is 1.93. The molecule has 0 bridgehead atoms. The summed E-state index contributed by atoms with van der Waals surface area (Å²) in [5.41, 5.74) is 0.393. The average Bonchev–Trinajstić information content (AvgIpc) is 2.62. The maximum Gasteiger partial charge on any atom is 0.376 e. The Balaban J connectivity index is 2.80. The molecule has 8 nitrogen and oxygen atoms in total. The summed E-state index contributed by atoms with van der Waals surface area (Å²) in [5, 5.41) is 5.30. The lowest BCUT2D eigenvalue weighted by Gasteiger charge is -2.23. The zero-order valence-corrected chi connectivity index (χ0v) is 14.7. The third-order valence-corrected chi connectivity index (χ3v) is 3.21. The van der Waals surface area contributed by atoms with Gasteiger partial charge in [0.15, 0.2) is 6.04 Å². The number of nitrogens with zero attached hydrogens (tertiary/aromatic N) is 2. The van der Waals surface area contributed by atoms with Crippen LogP contribution in [0.4, 0.5) is 0 Å². The molecule has 1 aromatic rings. The molecule has 0 heterocycles. The highest BCUT2D eigenvalue weighted by molar-refractivity contribution is 6.35.